The van der Waals surface area contributed by atoms with Gasteiger partial charge < -0.3 is 11.1 Å². The molecule has 0 bridgehead atoms. The number of carbonyl (C=O) groups excluding carboxylic acids is 1. The van der Waals surface area contributed by atoms with E-state index >= 15 is 0 Å². The van der Waals surface area contributed by atoms with Gasteiger partial charge in [0.05, 0.1) is 12.6 Å². The standard InChI is InChI=1S/C9H16N4O/c1-2-8(10)9(14)11-5-7-13-6-3-4-12-13/h3-4,6,8H,2,5,7,10H2,1H3,(H,11,14)/t8-/m1/s1. The van der Waals surface area contributed by atoms with Crippen LogP contribution in [0.5, 0.6) is 0 Å². The number of aromatic nitrogens is 2. The second-order valence-corrected chi connectivity index (χ2v) is 3.07. The number of carbonyl (C=O) groups is 1. The highest BCUT2D eigenvalue weighted by Crippen LogP contribution is 1.86. The van der Waals surface area contributed by atoms with Gasteiger partial charge in [0, 0.05) is 18.9 Å². The van der Waals surface area contributed by atoms with E-state index in [4.69, 9.17) is 5.73 Å². The molecule has 0 aliphatic rings. The summed E-state index contributed by atoms with van der Waals surface area (Å²) in [6.07, 6.45) is 4.22. The van der Waals surface area contributed by atoms with E-state index in [-0.39, 0.29) is 5.91 Å². The monoisotopic (exact) mass is 196 g/mol. The van der Waals surface area contributed by atoms with Crippen LogP contribution in [0.15, 0.2) is 18.5 Å². The largest absolute Gasteiger partial charge is 0.353 e. The summed E-state index contributed by atoms with van der Waals surface area (Å²) in [5, 5.41) is 6.76. The number of amides is 1. The van der Waals surface area contributed by atoms with Crippen LogP contribution < -0.4 is 11.1 Å². The van der Waals surface area contributed by atoms with Gasteiger partial charge in [0.15, 0.2) is 0 Å². The molecule has 0 spiro atoms. The summed E-state index contributed by atoms with van der Waals surface area (Å²) in [6.45, 7) is 3.13. The van der Waals surface area contributed by atoms with Gasteiger partial charge in [-0.25, -0.2) is 0 Å². The number of nitrogens with one attached hydrogen (secondary N) is 1. The fourth-order valence-electron chi connectivity index (χ4n) is 1.04. The van der Waals surface area contributed by atoms with E-state index in [2.05, 4.69) is 10.4 Å². The van der Waals surface area contributed by atoms with Crippen LogP contribution in [0.2, 0.25) is 0 Å². The summed E-state index contributed by atoms with van der Waals surface area (Å²) in [5.41, 5.74) is 5.54. The summed E-state index contributed by atoms with van der Waals surface area (Å²) >= 11 is 0. The molecule has 1 amide bonds. The van der Waals surface area contributed by atoms with Crippen molar-refractivity contribution in [2.75, 3.05) is 6.54 Å². The highest BCUT2D eigenvalue weighted by atomic mass is 16.2. The molecule has 78 valence electrons. The van der Waals surface area contributed by atoms with E-state index < -0.39 is 6.04 Å². The van der Waals surface area contributed by atoms with Crippen molar-refractivity contribution in [3.63, 3.8) is 0 Å². The van der Waals surface area contributed by atoms with Crippen LogP contribution in [-0.4, -0.2) is 28.3 Å². The third-order valence-electron chi connectivity index (χ3n) is 1.98. The minimum Gasteiger partial charge on any atom is -0.353 e. The van der Waals surface area contributed by atoms with Crippen LogP contribution in [0.1, 0.15) is 13.3 Å². The van der Waals surface area contributed by atoms with Crippen molar-refractivity contribution in [1.29, 1.82) is 0 Å². The molecule has 14 heavy (non-hydrogen) atoms. The van der Waals surface area contributed by atoms with E-state index in [0.29, 0.717) is 19.5 Å². The van der Waals surface area contributed by atoms with Gasteiger partial charge in [0.1, 0.15) is 0 Å². The normalized spacial score (nSPS) is 12.4. The van der Waals surface area contributed by atoms with Crippen LogP contribution in [0.3, 0.4) is 0 Å². The molecule has 3 N–H and O–H groups in total. The Kier molecular flexibility index (Phi) is 4.12. The van der Waals surface area contributed by atoms with Crippen LogP contribution in [0, 0.1) is 0 Å². The molecule has 0 radical (unpaired) electrons. The molecule has 1 aromatic heterocycles. The molecule has 0 saturated carbocycles. The summed E-state index contributed by atoms with van der Waals surface area (Å²) in [5.74, 6) is -0.0975. The molecule has 1 aromatic rings. The highest BCUT2D eigenvalue weighted by molar-refractivity contribution is 5.81. The number of nitrogens with zero attached hydrogens (tertiary/aromatic N) is 2. The Morgan fingerprint density at radius 3 is 3.07 bits per heavy atom. The Bertz CT molecular complexity index is 270. The van der Waals surface area contributed by atoms with E-state index in [9.17, 15) is 4.79 Å². The van der Waals surface area contributed by atoms with Gasteiger partial charge in [-0.15, -0.1) is 0 Å². The molecule has 1 rings (SSSR count). The van der Waals surface area contributed by atoms with Crippen molar-refractivity contribution >= 4 is 5.91 Å². The molecular formula is C9H16N4O. The third-order valence-corrected chi connectivity index (χ3v) is 1.98. The van der Waals surface area contributed by atoms with E-state index in [1.165, 1.54) is 0 Å². The Hall–Kier alpha value is -1.36. The van der Waals surface area contributed by atoms with Gasteiger partial charge in [-0.1, -0.05) is 6.92 Å². The maximum atomic E-state index is 11.2. The predicted octanol–water partition coefficient (Wildman–Crippen LogP) is -0.263. The van der Waals surface area contributed by atoms with E-state index in [1.54, 1.807) is 10.9 Å². The van der Waals surface area contributed by atoms with Gasteiger partial charge >= 0.3 is 0 Å². The van der Waals surface area contributed by atoms with Crippen LogP contribution >= 0.6 is 0 Å². The van der Waals surface area contributed by atoms with E-state index in [1.807, 2.05) is 19.2 Å². The first kappa shape index (κ1) is 10.7. The molecule has 5 heteroatoms. The zero-order valence-corrected chi connectivity index (χ0v) is 8.31. The van der Waals surface area contributed by atoms with Gasteiger partial charge in [-0.3, -0.25) is 9.48 Å². The van der Waals surface area contributed by atoms with Crippen molar-refractivity contribution in [2.24, 2.45) is 5.73 Å². The molecular weight excluding hydrogens is 180 g/mol. The first-order chi connectivity index (χ1) is 6.74. The number of hydrogen-bond donors (Lipinski definition) is 2. The van der Waals surface area contributed by atoms with E-state index in [0.717, 1.165) is 0 Å². The lowest BCUT2D eigenvalue weighted by Crippen LogP contribution is -2.41. The lowest BCUT2D eigenvalue weighted by atomic mass is 10.2. The maximum Gasteiger partial charge on any atom is 0.236 e. The van der Waals surface area contributed by atoms with Crippen LogP contribution in [0.25, 0.3) is 0 Å². The average molecular weight is 196 g/mol. The highest BCUT2D eigenvalue weighted by Gasteiger charge is 2.09. The lowest BCUT2D eigenvalue weighted by Gasteiger charge is -2.09. The van der Waals surface area contributed by atoms with Crippen molar-refractivity contribution < 1.29 is 4.79 Å². The molecule has 5 nitrogen and oxygen atoms in total. The van der Waals surface area contributed by atoms with Gasteiger partial charge in [-0.05, 0) is 12.5 Å². The SMILES string of the molecule is CC[C@@H](N)C(=O)NCCn1cccn1. The summed E-state index contributed by atoms with van der Waals surface area (Å²) in [7, 11) is 0. The van der Waals surface area contributed by atoms with Crippen molar-refractivity contribution in [3.8, 4) is 0 Å². The fraction of sp³-hybridized carbons (Fsp3) is 0.556. The average Bonchev–Trinajstić information content (AvgIpc) is 2.69. The molecule has 0 aliphatic heterocycles. The quantitative estimate of drug-likeness (QED) is 0.681. The van der Waals surface area contributed by atoms with Crippen LogP contribution in [-0.2, 0) is 11.3 Å². The van der Waals surface area contributed by atoms with Crippen molar-refractivity contribution in [3.05, 3.63) is 18.5 Å². The zero-order chi connectivity index (χ0) is 10.4. The van der Waals surface area contributed by atoms with Gasteiger partial charge in [0.25, 0.3) is 0 Å². The van der Waals surface area contributed by atoms with Gasteiger partial charge in [0.2, 0.25) is 5.91 Å². The summed E-state index contributed by atoms with van der Waals surface area (Å²) in [4.78, 5) is 11.2. The number of rotatable bonds is 5. The van der Waals surface area contributed by atoms with Crippen LogP contribution in [0.4, 0.5) is 0 Å². The van der Waals surface area contributed by atoms with Gasteiger partial charge in [-0.2, -0.15) is 5.10 Å². The van der Waals surface area contributed by atoms with Crippen molar-refractivity contribution in [1.82, 2.24) is 15.1 Å². The topological polar surface area (TPSA) is 72.9 Å². The minimum absolute atomic E-state index is 0.0975. The second kappa shape index (κ2) is 5.39. The molecule has 0 unspecified atom stereocenters. The first-order valence-electron chi connectivity index (χ1n) is 4.74. The Labute approximate surface area is 83.3 Å². The molecule has 0 saturated heterocycles. The third kappa shape index (κ3) is 3.18. The molecule has 0 aliphatic carbocycles. The number of hydrogen-bond acceptors (Lipinski definition) is 3. The van der Waals surface area contributed by atoms with Crippen molar-refractivity contribution in [2.45, 2.75) is 25.9 Å². The maximum absolute atomic E-state index is 11.2. The Balaban J connectivity index is 2.18. The second-order valence-electron chi connectivity index (χ2n) is 3.07. The predicted molar refractivity (Wildman–Crippen MR) is 53.5 cm³/mol. The lowest BCUT2D eigenvalue weighted by molar-refractivity contribution is -0.122. The molecule has 0 fully saturated rings. The summed E-state index contributed by atoms with van der Waals surface area (Å²) in [6, 6.07) is 1.45. The summed E-state index contributed by atoms with van der Waals surface area (Å²) < 4.78 is 1.76. The Morgan fingerprint density at radius 1 is 1.71 bits per heavy atom. The minimum atomic E-state index is -0.396. The first-order valence-corrected chi connectivity index (χ1v) is 4.74. The smallest absolute Gasteiger partial charge is 0.236 e. The molecule has 0 aromatic carbocycles. The Morgan fingerprint density at radius 2 is 2.50 bits per heavy atom. The zero-order valence-electron chi connectivity index (χ0n) is 8.31. The fourth-order valence-corrected chi connectivity index (χ4v) is 1.04. The molecule has 1 heterocycles. The molecule has 1 atom stereocenters. The number of nitrogens with two attached hydrogens (primary N) is 1.